The van der Waals surface area contributed by atoms with E-state index >= 15 is 0 Å². The molecular formula is C14H30N4. The second-order valence-electron chi connectivity index (χ2n) is 2.52. The molecular weight excluding hydrogens is 224 g/mol. The predicted octanol–water partition coefficient (Wildman–Crippen LogP) is 4.51. The molecule has 0 radical (unpaired) electrons. The maximum absolute atomic E-state index is 3.70. The summed E-state index contributed by atoms with van der Waals surface area (Å²) in [5, 5.41) is 12.8. The molecule has 0 amide bonds. The van der Waals surface area contributed by atoms with Crippen molar-refractivity contribution >= 4 is 0 Å². The molecule has 0 spiro atoms. The third-order valence-corrected chi connectivity index (χ3v) is 1.27. The molecule has 0 aliphatic rings. The van der Waals surface area contributed by atoms with Gasteiger partial charge in [0, 0.05) is 18.1 Å². The van der Waals surface area contributed by atoms with Gasteiger partial charge >= 0.3 is 0 Å². The average Bonchev–Trinajstić information content (AvgIpc) is 3.11. The average molecular weight is 254 g/mol. The van der Waals surface area contributed by atoms with E-state index < -0.39 is 0 Å². The van der Waals surface area contributed by atoms with Crippen LogP contribution in [0.3, 0.4) is 0 Å². The first-order chi connectivity index (χ1) is 8.79. The fourth-order valence-electron chi connectivity index (χ4n) is 0.641. The van der Waals surface area contributed by atoms with Gasteiger partial charge in [-0.25, -0.2) is 0 Å². The molecule has 106 valence electrons. The van der Waals surface area contributed by atoms with Crippen molar-refractivity contribution in [1.29, 1.82) is 0 Å². The van der Waals surface area contributed by atoms with Gasteiger partial charge in [-0.15, -0.1) is 0 Å². The Hall–Kier alpha value is -1.58. The number of aryl methyl sites for hydroxylation is 2. The minimum Gasteiger partial charge on any atom is -0.285 e. The van der Waals surface area contributed by atoms with E-state index in [2.05, 4.69) is 20.4 Å². The van der Waals surface area contributed by atoms with Crippen molar-refractivity contribution < 1.29 is 0 Å². The van der Waals surface area contributed by atoms with E-state index in [1.807, 2.05) is 67.7 Å². The summed E-state index contributed by atoms with van der Waals surface area (Å²) in [6, 6.07) is 1.92. The lowest BCUT2D eigenvalue weighted by Crippen LogP contribution is -1.65. The summed E-state index contributed by atoms with van der Waals surface area (Å²) in [4.78, 5) is 0. The maximum atomic E-state index is 3.70. The highest BCUT2D eigenvalue weighted by Gasteiger charge is 1.74. The van der Waals surface area contributed by atoms with E-state index in [1.165, 1.54) is 5.56 Å². The molecule has 18 heavy (non-hydrogen) atoms. The third-order valence-electron chi connectivity index (χ3n) is 1.27. The summed E-state index contributed by atoms with van der Waals surface area (Å²) >= 11 is 0. The van der Waals surface area contributed by atoms with Gasteiger partial charge in [-0.3, -0.25) is 10.2 Å². The molecule has 0 atom stereocenters. The van der Waals surface area contributed by atoms with Crippen LogP contribution in [0.25, 0.3) is 0 Å². The van der Waals surface area contributed by atoms with Crippen molar-refractivity contribution in [2.24, 2.45) is 0 Å². The Morgan fingerprint density at radius 1 is 0.889 bits per heavy atom. The van der Waals surface area contributed by atoms with Crippen molar-refractivity contribution in [2.45, 2.75) is 55.4 Å². The van der Waals surface area contributed by atoms with Gasteiger partial charge in [0.25, 0.3) is 0 Å². The van der Waals surface area contributed by atoms with Gasteiger partial charge in [0.1, 0.15) is 0 Å². The van der Waals surface area contributed by atoms with Crippen molar-refractivity contribution in [2.75, 3.05) is 0 Å². The van der Waals surface area contributed by atoms with E-state index in [1.54, 1.807) is 12.4 Å². The summed E-state index contributed by atoms with van der Waals surface area (Å²) in [6.45, 7) is 16.0. The van der Waals surface area contributed by atoms with Crippen LogP contribution < -0.4 is 0 Å². The third kappa shape index (κ3) is 16.8. The highest BCUT2D eigenvalue weighted by Crippen LogP contribution is 1.84. The zero-order chi connectivity index (χ0) is 14.8. The van der Waals surface area contributed by atoms with Gasteiger partial charge in [0.2, 0.25) is 0 Å². The summed E-state index contributed by atoms with van der Waals surface area (Å²) in [6.07, 6.45) is 5.36. The molecule has 0 aliphatic heterocycles. The van der Waals surface area contributed by atoms with Crippen LogP contribution in [0, 0.1) is 13.8 Å². The highest BCUT2D eigenvalue weighted by atomic mass is 15.1. The van der Waals surface area contributed by atoms with Crippen LogP contribution in [-0.2, 0) is 0 Å². The Morgan fingerprint density at radius 2 is 1.44 bits per heavy atom. The van der Waals surface area contributed by atoms with Crippen LogP contribution in [0.15, 0.2) is 24.7 Å². The lowest BCUT2D eigenvalue weighted by atomic mass is 10.4. The monoisotopic (exact) mass is 254 g/mol. The maximum Gasteiger partial charge on any atom is 0.0516 e. The summed E-state index contributed by atoms with van der Waals surface area (Å²) in [7, 11) is 0. The second kappa shape index (κ2) is 20.8. The number of hydrogen-bond donors (Lipinski definition) is 2. The minimum absolute atomic E-state index is 1.11. The summed E-state index contributed by atoms with van der Waals surface area (Å²) in [5.74, 6) is 0. The molecule has 0 aliphatic carbocycles. The normalized spacial score (nSPS) is 6.89. The van der Waals surface area contributed by atoms with Gasteiger partial charge in [0.15, 0.2) is 0 Å². The highest BCUT2D eigenvalue weighted by molar-refractivity contribution is 4.96. The Labute approximate surface area is 112 Å². The summed E-state index contributed by atoms with van der Waals surface area (Å²) < 4.78 is 0. The molecule has 0 saturated heterocycles. The molecule has 0 fully saturated rings. The van der Waals surface area contributed by atoms with Gasteiger partial charge < -0.3 is 0 Å². The van der Waals surface area contributed by atoms with Gasteiger partial charge in [0.05, 0.1) is 6.20 Å². The van der Waals surface area contributed by atoms with Crippen LogP contribution in [-0.4, -0.2) is 20.4 Å². The first-order valence-corrected chi connectivity index (χ1v) is 6.70. The summed E-state index contributed by atoms with van der Waals surface area (Å²) in [5.41, 5.74) is 2.28. The molecule has 2 rings (SSSR count). The van der Waals surface area contributed by atoms with E-state index in [4.69, 9.17) is 0 Å². The molecule has 0 saturated carbocycles. The number of aromatic nitrogens is 4. The second-order valence-corrected chi connectivity index (χ2v) is 2.52. The smallest absolute Gasteiger partial charge is 0.0516 e. The fraction of sp³-hybridized carbons (Fsp3) is 0.571. The predicted molar refractivity (Wildman–Crippen MR) is 80.7 cm³/mol. The van der Waals surface area contributed by atoms with Crippen molar-refractivity contribution in [3.8, 4) is 0 Å². The lowest BCUT2D eigenvalue weighted by molar-refractivity contribution is 1.05. The molecule has 0 aromatic carbocycles. The Balaban J connectivity index is -0.000000178. The van der Waals surface area contributed by atoms with Gasteiger partial charge in [-0.2, -0.15) is 10.2 Å². The van der Waals surface area contributed by atoms with Crippen LogP contribution in [0.5, 0.6) is 0 Å². The Morgan fingerprint density at radius 3 is 1.56 bits per heavy atom. The topological polar surface area (TPSA) is 57.4 Å². The van der Waals surface area contributed by atoms with E-state index in [-0.39, 0.29) is 0 Å². The van der Waals surface area contributed by atoms with Crippen molar-refractivity contribution in [3.05, 3.63) is 35.9 Å². The van der Waals surface area contributed by atoms with Crippen molar-refractivity contribution in [1.82, 2.24) is 20.4 Å². The minimum atomic E-state index is 1.11. The van der Waals surface area contributed by atoms with Crippen LogP contribution in [0.2, 0.25) is 0 Å². The van der Waals surface area contributed by atoms with Gasteiger partial charge in [-0.05, 0) is 25.5 Å². The number of rotatable bonds is 0. The first kappa shape index (κ1) is 21.7. The molecule has 0 unspecified atom stereocenters. The van der Waals surface area contributed by atoms with E-state index in [0.717, 1.165) is 5.69 Å². The van der Waals surface area contributed by atoms with E-state index in [9.17, 15) is 0 Å². The Bertz CT molecular complexity index is 253. The first-order valence-electron chi connectivity index (χ1n) is 6.70. The van der Waals surface area contributed by atoms with Gasteiger partial charge in [-0.1, -0.05) is 41.5 Å². The number of aromatic amines is 2. The number of hydrogen-bond acceptors (Lipinski definition) is 2. The SMILES string of the molecule is CC.CC.CC.Cc1ccn[nH]1.Cc1cn[nH]c1. The van der Waals surface area contributed by atoms with Crippen molar-refractivity contribution in [3.63, 3.8) is 0 Å². The van der Waals surface area contributed by atoms with E-state index in [0.29, 0.717) is 0 Å². The number of H-pyrrole nitrogens is 2. The number of nitrogens with one attached hydrogen (secondary N) is 2. The quantitative estimate of drug-likeness (QED) is 0.726. The molecule has 2 N–H and O–H groups in total. The molecule has 0 bridgehead atoms. The van der Waals surface area contributed by atoms with Crippen LogP contribution in [0.4, 0.5) is 0 Å². The van der Waals surface area contributed by atoms with Crippen LogP contribution in [0.1, 0.15) is 52.8 Å². The molecule has 2 heterocycles. The largest absolute Gasteiger partial charge is 0.285 e. The van der Waals surface area contributed by atoms with Crippen LogP contribution >= 0.6 is 0 Å². The molecule has 4 heteroatoms. The molecule has 2 aromatic rings. The molecule has 2 aromatic heterocycles. The standard InChI is InChI=1S/2C4H6N2.3C2H6/c1-4-2-5-6-3-4;1-4-2-3-5-6-4;3*1-2/h2*2-3H,1H3,(H,5,6);3*1-2H3. The molecule has 4 nitrogen and oxygen atoms in total. The zero-order valence-corrected chi connectivity index (χ0v) is 13.2. The fourth-order valence-corrected chi connectivity index (χ4v) is 0.641. The zero-order valence-electron chi connectivity index (χ0n) is 13.2. The number of nitrogens with zero attached hydrogens (tertiary/aromatic N) is 2. The Kier molecular flexibility index (Phi) is 25.0. The lowest BCUT2D eigenvalue weighted by Gasteiger charge is -1.68.